The molecule has 4 nitrogen and oxygen atoms in total. The molecular formula is C22H17ClN2O2S. The zero-order valence-corrected chi connectivity index (χ0v) is 16.7. The zero-order valence-electron chi connectivity index (χ0n) is 15.1. The van der Waals surface area contributed by atoms with E-state index in [1.807, 2.05) is 36.6 Å². The molecule has 0 spiro atoms. The number of benzene rings is 2. The lowest BCUT2D eigenvalue weighted by atomic mass is 9.89. The summed E-state index contributed by atoms with van der Waals surface area (Å²) in [6, 6.07) is 18.0. The van der Waals surface area contributed by atoms with E-state index >= 15 is 0 Å². The van der Waals surface area contributed by atoms with Crippen LogP contribution in [0.3, 0.4) is 0 Å². The van der Waals surface area contributed by atoms with Gasteiger partial charge >= 0.3 is 0 Å². The molecule has 1 unspecified atom stereocenters. The SMILES string of the molecule is C[C@@H](N=CC1C(=O)N(c2ccccc2Cl)C(=O)c2ccccc21)c1cccs1. The average Bonchev–Trinajstić information content (AvgIpc) is 3.24. The van der Waals surface area contributed by atoms with E-state index in [4.69, 9.17) is 11.6 Å². The van der Waals surface area contributed by atoms with Crippen LogP contribution < -0.4 is 4.90 Å². The first kappa shape index (κ1) is 18.6. The van der Waals surface area contributed by atoms with Crippen molar-refractivity contribution in [2.24, 2.45) is 4.99 Å². The Balaban J connectivity index is 1.77. The molecule has 0 saturated carbocycles. The van der Waals surface area contributed by atoms with Crippen LogP contribution in [0.4, 0.5) is 5.69 Å². The number of nitrogens with zero attached hydrogens (tertiary/aromatic N) is 2. The zero-order chi connectivity index (χ0) is 19.7. The molecule has 140 valence electrons. The van der Waals surface area contributed by atoms with Crippen LogP contribution >= 0.6 is 22.9 Å². The monoisotopic (exact) mass is 408 g/mol. The van der Waals surface area contributed by atoms with Crippen molar-refractivity contribution in [1.82, 2.24) is 0 Å². The van der Waals surface area contributed by atoms with Crippen LogP contribution in [0.2, 0.25) is 5.02 Å². The highest BCUT2D eigenvalue weighted by atomic mass is 35.5. The number of carbonyl (C=O) groups excluding carboxylic acids is 2. The standard InChI is InChI=1S/C22H17ClN2O2S/c1-14(20-11-6-12-28-20)24-13-17-15-7-2-3-8-16(15)21(26)25(22(17)27)19-10-5-4-9-18(19)23/h2-14,17H,1H3/t14-,17?/m1/s1. The number of aliphatic imine (C=N–C) groups is 1. The summed E-state index contributed by atoms with van der Waals surface area (Å²) in [5.41, 5.74) is 1.54. The van der Waals surface area contributed by atoms with Gasteiger partial charge in [0.1, 0.15) is 0 Å². The van der Waals surface area contributed by atoms with Gasteiger partial charge in [0.05, 0.1) is 22.7 Å². The number of fused-ring (bicyclic) bond motifs is 1. The highest BCUT2D eigenvalue weighted by Gasteiger charge is 2.39. The highest BCUT2D eigenvalue weighted by molar-refractivity contribution is 7.10. The van der Waals surface area contributed by atoms with Gasteiger partial charge in [-0.3, -0.25) is 14.6 Å². The Hall–Kier alpha value is -2.76. The van der Waals surface area contributed by atoms with Crippen molar-refractivity contribution in [3.63, 3.8) is 0 Å². The topological polar surface area (TPSA) is 49.7 Å². The quantitative estimate of drug-likeness (QED) is 0.422. The van der Waals surface area contributed by atoms with Gasteiger partial charge in [0, 0.05) is 16.7 Å². The summed E-state index contributed by atoms with van der Waals surface area (Å²) in [5.74, 6) is -1.36. The molecule has 1 aliphatic heterocycles. The van der Waals surface area contributed by atoms with Crippen LogP contribution in [-0.4, -0.2) is 18.0 Å². The second-order valence-electron chi connectivity index (χ2n) is 6.48. The van der Waals surface area contributed by atoms with Crippen molar-refractivity contribution < 1.29 is 9.59 Å². The number of thiophene rings is 1. The average molecular weight is 409 g/mol. The molecule has 1 aromatic heterocycles. The predicted octanol–water partition coefficient (Wildman–Crippen LogP) is 5.50. The largest absolute Gasteiger partial charge is 0.288 e. The fourth-order valence-electron chi connectivity index (χ4n) is 3.28. The van der Waals surface area contributed by atoms with Crippen molar-refractivity contribution in [3.05, 3.63) is 87.1 Å². The van der Waals surface area contributed by atoms with Gasteiger partial charge in [-0.1, -0.05) is 48.0 Å². The number of para-hydroxylation sites is 1. The van der Waals surface area contributed by atoms with E-state index in [1.54, 1.807) is 53.9 Å². The Bertz CT molecular complexity index is 1060. The van der Waals surface area contributed by atoms with E-state index in [-0.39, 0.29) is 17.9 Å². The van der Waals surface area contributed by atoms with Crippen molar-refractivity contribution in [2.45, 2.75) is 18.9 Å². The molecule has 0 aliphatic carbocycles. The minimum atomic E-state index is -0.646. The van der Waals surface area contributed by atoms with Crippen molar-refractivity contribution in [3.8, 4) is 0 Å². The molecule has 0 saturated heterocycles. The fraction of sp³-hybridized carbons (Fsp3) is 0.136. The molecule has 3 aromatic rings. The minimum Gasteiger partial charge on any atom is -0.288 e. The smallest absolute Gasteiger partial charge is 0.265 e. The number of hydrogen-bond acceptors (Lipinski definition) is 4. The Labute approximate surface area is 172 Å². The summed E-state index contributed by atoms with van der Waals surface area (Å²) in [6.07, 6.45) is 1.65. The van der Waals surface area contributed by atoms with Gasteiger partial charge in [0.2, 0.25) is 5.91 Å². The van der Waals surface area contributed by atoms with E-state index in [2.05, 4.69) is 4.99 Å². The lowest BCUT2D eigenvalue weighted by Gasteiger charge is -2.31. The van der Waals surface area contributed by atoms with Gasteiger partial charge in [-0.15, -0.1) is 11.3 Å². The van der Waals surface area contributed by atoms with Crippen LogP contribution in [0.5, 0.6) is 0 Å². The number of halogens is 1. The van der Waals surface area contributed by atoms with E-state index in [1.165, 1.54) is 0 Å². The summed E-state index contributed by atoms with van der Waals surface area (Å²) < 4.78 is 0. The Morgan fingerprint density at radius 1 is 1.07 bits per heavy atom. The first-order valence-corrected chi connectivity index (χ1v) is 10.1. The van der Waals surface area contributed by atoms with E-state index in [0.29, 0.717) is 21.8 Å². The van der Waals surface area contributed by atoms with Gasteiger partial charge in [-0.25, -0.2) is 4.90 Å². The summed E-state index contributed by atoms with van der Waals surface area (Å²) in [7, 11) is 0. The van der Waals surface area contributed by atoms with Crippen LogP contribution in [0.15, 0.2) is 71.0 Å². The molecule has 2 atom stereocenters. The van der Waals surface area contributed by atoms with Crippen LogP contribution in [0.1, 0.15) is 39.7 Å². The first-order chi connectivity index (χ1) is 13.6. The lowest BCUT2D eigenvalue weighted by molar-refractivity contribution is -0.118. The third-order valence-electron chi connectivity index (χ3n) is 4.72. The number of imide groups is 1. The second-order valence-corrected chi connectivity index (χ2v) is 7.87. The summed E-state index contributed by atoms with van der Waals surface area (Å²) in [6.45, 7) is 1.98. The number of rotatable bonds is 4. The molecular weight excluding hydrogens is 392 g/mol. The normalized spacial score (nSPS) is 17.8. The van der Waals surface area contributed by atoms with Gasteiger partial charge in [0.25, 0.3) is 5.91 Å². The highest BCUT2D eigenvalue weighted by Crippen LogP contribution is 2.35. The molecule has 2 heterocycles. The maximum absolute atomic E-state index is 13.3. The molecule has 0 N–H and O–H groups in total. The molecule has 0 fully saturated rings. The molecule has 2 aromatic carbocycles. The van der Waals surface area contributed by atoms with Crippen molar-refractivity contribution >= 4 is 46.7 Å². The Morgan fingerprint density at radius 2 is 1.82 bits per heavy atom. The number of amides is 2. The number of carbonyl (C=O) groups is 2. The van der Waals surface area contributed by atoms with Crippen molar-refractivity contribution in [2.75, 3.05) is 4.90 Å². The summed E-state index contributed by atoms with van der Waals surface area (Å²) in [5, 5.41) is 2.35. The van der Waals surface area contributed by atoms with Gasteiger partial charge in [-0.05, 0) is 42.1 Å². The molecule has 0 bridgehead atoms. The van der Waals surface area contributed by atoms with E-state index in [9.17, 15) is 9.59 Å². The molecule has 28 heavy (non-hydrogen) atoms. The number of hydrogen-bond donors (Lipinski definition) is 0. The van der Waals surface area contributed by atoms with Crippen molar-refractivity contribution in [1.29, 1.82) is 0 Å². The minimum absolute atomic E-state index is 0.0636. The lowest BCUT2D eigenvalue weighted by Crippen LogP contribution is -2.45. The fourth-order valence-corrected chi connectivity index (χ4v) is 4.23. The third kappa shape index (κ3) is 3.28. The van der Waals surface area contributed by atoms with Gasteiger partial charge < -0.3 is 0 Å². The molecule has 6 heteroatoms. The predicted molar refractivity (Wildman–Crippen MR) is 114 cm³/mol. The molecule has 0 radical (unpaired) electrons. The number of anilines is 1. The van der Waals surface area contributed by atoms with Crippen LogP contribution in [0, 0.1) is 0 Å². The van der Waals surface area contributed by atoms with E-state index < -0.39 is 5.92 Å². The summed E-state index contributed by atoms with van der Waals surface area (Å²) >= 11 is 7.90. The maximum atomic E-state index is 13.3. The van der Waals surface area contributed by atoms with Crippen LogP contribution in [0.25, 0.3) is 0 Å². The molecule has 4 rings (SSSR count). The second kappa shape index (κ2) is 7.70. The molecule has 2 amide bonds. The Kier molecular flexibility index (Phi) is 5.11. The third-order valence-corrected chi connectivity index (χ3v) is 6.09. The Morgan fingerprint density at radius 3 is 2.57 bits per heavy atom. The van der Waals surface area contributed by atoms with Crippen LogP contribution in [-0.2, 0) is 4.79 Å². The van der Waals surface area contributed by atoms with Gasteiger partial charge in [-0.2, -0.15) is 0 Å². The maximum Gasteiger partial charge on any atom is 0.265 e. The summed E-state index contributed by atoms with van der Waals surface area (Å²) in [4.78, 5) is 33.3. The first-order valence-electron chi connectivity index (χ1n) is 8.86. The van der Waals surface area contributed by atoms with Gasteiger partial charge in [0.15, 0.2) is 0 Å². The van der Waals surface area contributed by atoms with E-state index in [0.717, 1.165) is 9.78 Å². The molecule has 1 aliphatic rings.